The minimum atomic E-state index is -0.770. The molecule has 0 aromatic heterocycles. The fourth-order valence-electron chi connectivity index (χ4n) is 5.04. The fourth-order valence-corrected chi connectivity index (χ4v) is 5.04. The number of Topliss-reactive ketones (excluding diaryl/α,β-unsaturated/α-hetero) is 1. The summed E-state index contributed by atoms with van der Waals surface area (Å²) in [4.78, 5) is 25.6. The molecule has 2 atom stereocenters. The van der Waals surface area contributed by atoms with E-state index in [0.717, 1.165) is 23.0 Å². The van der Waals surface area contributed by atoms with Crippen LogP contribution in [0.1, 0.15) is 49.1 Å². The molecule has 6 rings (SSSR count). The largest absolute Gasteiger partial charge is 0.493 e. The summed E-state index contributed by atoms with van der Waals surface area (Å²) in [5.74, 6) is 1.59. The minimum absolute atomic E-state index is 0.217. The third-order valence-electron chi connectivity index (χ3n) is 7.45. The van der Waals surface area contributed by atoms with Gasteiger partial charge in [0.25, 0.3) is 0 Å². The molecule has 1 heterocycles. The second-order valence-corrected chi connectivity index (χ2v) is 10.6. The lowest BCUT2D eigenvalue weighted by Gasteiger charge is -2.17. The Bertz CT molecular complexity index is 1750. The van der Waals surface area contributed by atoms with Crippen molar-refractivity contribution >= 4 is 12.1 Å². The van der Waals surface area contributed by atoms with Crippen molar-refractivity contribution in [1.82, 2.24) is 0 Å². The maximum absolute atomic E-state index is 13.6. The number of epoxide rings is 1. The third kappa shape index (κ3) is 7.22. The first-order chi connectivity index (χ1) is 22.1. The maximum Gasteiger partial charge on any atom is 0.194 e. The molecule has 1 aliphatic rings. The number of ether oxygens (including phenoxy) is 5. The van der Waals surface area contributed by atoms with Gasteiger partial charge in [0.15, 0.2) is 34.9 Å². The highest BCUT2D eigenvalue weighted by Gasteiger charge is 2.48. The van der Waals surface area contributed by atoms with Gasteiger partial charge in [0.1, 0.15) is 32.2 Å². The molecule has 0 unspecified atom stereocenters. The summed E-state index contributed by atoms with van der Waals surface area (Å²) in [5.41, 5.74) is 4.33. The molecule has 7 heteroatoms. The summed E-state index contributed by atoms with van der Waals surface area (Å²) in [7, 11) is 1.54. The fraction of sp³-hybridized carbons (Fsp3) is 0.158. The van der Waals surface area contributed by atoms with Crippen molar-refractivity contribution in [2.24, 2.45) is 0 Å². The number of carbonyl (C=O) groups excluding carboxylic acids is 2. The average molecular weight is 601 g/mol. The lowest BCUT2D eigenvalue weighted by atomic mass is 9.99. The van der Waals surface area contributed by atoms with E-state index in [9.17, 15) is 9.59 Å². The van der Waals surface area contributed by atoms with E-state index in [-0.39, 0.29) is 19.0 Å². The molecule has 0 saturated carbocycles. The molecule has 0 N–H and O–H groups in total. The van der Waals surface area contributed by atoms with Crippen LogP contribution in [0.3, 0.4) is 0 Å². The Kier molecular flexibility index (Phi) is 9.18. The van der Waals surface area contributed by atoms with Crippen LogP contribution in [0, 0.1) is 0 Å². The van der Waals surface area contributed by atoms with E-state index in [1.165, 1.54) is 7.11 Å². The van der Waals surface area contributed by atoms with Crippen LogP contribution in [0.5, 0.6) is 23.0 Å². The van der Waals surface area contributed by atoms with E-state index < -0.39 is 12.2 Å². The zero-order chi connectivity index (χ0) is 31.0. The second-order valence-electron chi connectivity index (χ2n) is 10.6. The maximum atomic E-state index is 13.6. The third-order valence-corrected chi connectivity index (χ3v) is 7.45. The number of rotatable bonds is 14. The number of carbonyl (C=O) groups is 2. The summed E-state index contributed by atoms with van der Waals surface area (Å²) in [6, 6.07) is 37.7. The lowest BCUT2D eigenvalue weighted by molar-refractivity contribution is 0.0953. The number of aldehydes is 1. The molecule has 0 spiro atoms. The van der Waals surface area contributed by atoms with Gasteiger partial charge in [-0.15, -0.1) is 0 Å². The molecular formula is C38H32O7. The van der Waals surface area contributed by atoms with Gasteiger partial charge in [0.05, 0.1) is 7.11 Å². The Hall–Kier alpha value is -5.40. The van der Waals surface area contributed by atoms with Crippen LogP contribution in [0.2, 0.25) is 0 Å². The first-order valence-corrected chi connectivity index (χ1v) is 14.6. The topological polar surface area (TPSA) is 83.6 Å². The first kappa shape index (κ1) is 29.7. The second kappa shape index (κ2) is 13.9. The molecule has 1 fully saturated rings. The predicted molar refractivity (Wildman–Crippen MR) is 169 cm³/mol. The molecule has 1 saturated heterocycles. The van der Waals surface area contributed by atoms with Gasteiger partial charge in [-0.05, 0) is 47.0 Å². The van der Waals surface area contributed by atoms with Crippen molar-refractivity contribution in [3.63, 3.8) is 0 Å². The summed E-state index contributed by atoms with van der Waals surface area (Å²) >= 11 is 0. The van der Waals surface area contributed by atoms with Crippen molar-refractivity contribution in [2.45, 2.75) is 32.0 Å². The van der Waals surface area contributed by atoms with E-state index in [4.69, 9.17) is 23.7 Å². The van der Waals surface area contributed by atoms with Crippen LogP contribution in [-0.2, 0) is 24.6 Å². The SMILES string of the molecule is COc1cc(C(=O)[C@H]2O[C@@H]2c2cc(C=O)cc(OCc3ccccc3)c2OCc2ccccc2)ccc1OCc1ccccc1. The van der Waals surface area contributed by atoms with E-state index >= 15 is 0 Å². The number of ketones is 1. The van der Waals surface area contributed by atoms with Gasteiger partial charge in [-0.3, -0.25) is 9.59 Å². The quantitative estimate of drug-likeness (QED) is 0.0739. The van der Waals surface area contributed by atoms with Gasteiger partial charge in [-0.25, -0.2) is 0 Å². The highest BCUT2D eigenvalue weighted by Crippen LogP contribution is 2.48. The molecule has 1 aliphatic heterocycles. The molecule has 0 radical (unpaired) electrons. The van der Waals surface area contributed by atoms with Crippen LogP contribution in [0.25, 0.3) is 0 Å². The van der Waals surface area contributed by atoms with Gasteiger partial charge in [-0.1, -0.05) is 91.0 Å². The molecule has 7 nitrogen and oxygen atoms in total. The Balaban J connectivity index is 1.24. The van der Waals surface area contributed by atoms with Gasteiger partial charge in [0, 0.05) is 16.7 Å². The van der Waals surface area contributed by atoms with Gasteiger partial charge >= 0.3 is 0 Å². The summed E-state index contributed by atoms with van der Waals surface area (Å²) in [6.07, 6.45) is -0.644. The predicted octanol–water partition coefficient (Wildman–Crippen LogP) is 7.57. The Morgan fingerprint density at radius 2 is 1.22 bits per heavy atom. The van der Waals surface area contributed by atoms with Crippen molar-refractivity contribution < 1.29 is 33.3 Å². The molecule has 0 aliphatic carbocycles. The average Bonchev–Trinajstić information content (AvgIpc) is 3.91. The molecule has 0 bridgehead atoms. The van der Waals surface area contributed by atoms with Crippen LogP contribution in [0.15, 0.2) is 121 Å². The van der Waals surface area contributed by atoms with Crippen LogP contribution < -0.4 is 18.9 Å². The van der Waals surface area contributed by atoms with Crippen LogP contribution >= 0.6 is 0 Å². The molecule has 45 heavy (non-hydrogen) atoms. The van der Waals surface area contributed by atoms with Crippen molar-refractivity contribution in [1.29, 1.82) is 0 Å². The molecule has 0 amide bonds. The highest BCUT2D eigenvalue weighted by molar-refractivity contribution is 6.02. The van der Waals surface area contributed by atoms with E-state index in [2.05, 4.69) is 0 Å². The smallest absolute Gasteiger partial charge is 0.194 e. The zero-order valence-corrected chi connectivity index (χ0v) is 24.8. The van der Waals surface area contributed by atoms with E-state index in [1.54, 1.807) is 30.3 Å². The van der Waals surface area contributed by atoms with Gasteiger partial charge < -0.3 is 23.7 Å². The van der Waals surface area contributed by atoms with Crippen LogP contribution in [0.4, 0.5) is 0 Å². The van der Waals surface area contributed by atoms with Gasteiger partial charge in [0.2, 0.25) is 0 Å². The molecule has 226 valence electrons. The Morgan fingerprint density at radius 3 is 1.78 bits per heavy atom. The number of hydrogen-bond acceptors (Lipinski definition) is 7. The standard InChI is InChI=1S/C38H32O7/c1-41-33-21-30(17-18-32(33)42-23-26-11-5-2-6-12-26)35(40)38-37(45-38)31-19-29(22-39)20-34(43-24-27-13-7-3-8-14-27)36(31)44-25-28-15-9-4-10-16-28/h2-22,37-38H,23-25H2,1H3/t37-,38-/m1/s1. The minimum Gasteiger partial charge on any atom is -0.493 e. The lowest BCUT2D eigenvalue weighted by Crippen LogP contribution is -2.10. The molecule has 5 aromatic rings. The van der Waals surface area contributed by atoms with E-state index in [1.807, 2.05) is 91.0 Å². The molecule has 5 aromatic carbocycles. The monoisotopic (exact) mass is 600 g/mol. The summed E-state index contributed by atoms with van der Waals surface area (Å²) in [6.45, 7) is 0.908. The Labute approximate surface area is 261 Å². The van der Waals surface area contributed by atoms with Crippen molar-refractivity contribution in [2.75, 3.05) is 7.11 Å². The van der Waals surface area contributed by atoms with Crippen molar-refractivity contribution in [3.05, 3.63) is 155 Å². The van der Waals surface area contributed by atoms with Gasteiger partial charge in [-0.2, -0.15) is 0 Å². The van der Waals surface area contributed by atoms with Crippen LogP contribution in [-0.4, -0.2) is 25.3 Å². The Morgan fingerprint density at radius 1 is 0.667 bits per heavy atom. The number of benzene rings is 5. The zero-order valence-electron chi connectivity index (χ0n) is 24.8. The first-order valence-electron chi connectivity index (χ1n) is 14.6. The van der Waals surface area contributed by atoms with E-state index in [0.29, 0.717) is 46.3 Å². The van der Waals surface area contributed by atoms with Crippen molar-refractivity contribution in [3.8, 4) is 23.0 Å². The molecular weight excluding hydrogens is 568 g/mol. The number of hydrogen-bond donors (Lipinski definition) is 0. The highest BCUT2D eigenvalue weighted by atomic mass is 16.6. The summed E-state index contributed by atoms with van der Waals surface area (Å²) < 4.78 is 30.0. The summed E-state index contributed by atoms with van der Waals surface area (Å²) in [5, 5.41) is 0. The normalized spacial score (nSPS) is 15.1. The number of methoxy groups -OCH3 is 1.